The van der Waals surface area contributed by atoms with E-state index in [0.29, 0.717) is 22.5 Å². The number of amides is 1. The van der Waals surface area contributed by atoms with Crippen molar-refractivity contribution in [1.82, 2.24) is 9.47 Å². The standard InChI is InChI=1S/C18H15Cl2F3N4O4/c19-12-1-2-14(15(8-12)27(30)31)24-3-5-25(6-4-24)16(28)10-26-9-11(18(21,22)23)7-13(20)17(26)29/h1-2,7-9H,3-6,10H2. The Balaban J connectivity index is 1.72. The molecule has 2 aromatic rings. The van der Waals surface area contributed by atoms with Crippen LogP contribution in [0.4, 0.5) is 24.5 Å². The molecule has 2 heterocycles. The van der Waals surface area contributed by atoms with Crippen LogP contribution in [0.5, 0.6) is 0 Å². The van der Waals surface area contributed by atoms with Crippen molar-refractivity contribution in [2.24, 2.45) is 0 Å². The van der Waals surface area contributed by atoms with Gasteiger partial charge in [0.2, 0.25) is 5.91 Å². The van der Waals surface area contributed by atoms with Crippen molar-refractivity contribution >= 4 is 40.5 Å². The molecule has 1 aliphatic heterocycles. The highest BCUT2D eigenvalue weighted by Gasteiger charge is 2.33. The van der Waals surface area contributed by atoms with Crippen molar-refractivity contribution in [3.05, 3.63) is 66.5 Å². The third kappa shape index (κ3) is 5.10. The molecule has 0 N–H and O–H groups in total. The fraction of sp³-hybridized carbons (Fsp3) is 0.333. The van der Waals surface area contributed by atoms with Crippen molar-refractivity contribution < 1.29 is 22.9 Å². The Bertz CT molecular complexity index is 1080. The minimum Gasteiger partial charge on any atom is -0.362 e. The highest BCUT2D eigenvalue weighted by Crippen LogP contribution is 2.32. The van der Waals surface area contributed by atoms with Gasteiger partial charge in [-0.25, -0.2) is 0 Å². The summed E-state index contributed by atoms with van der Waals surface area (Å²) in [5, 5.41) is 10.9. The molecule has 31 heavy (non-hydrogen) atoms. The van der Waals surface area contributed by atoms with Crippen LogP contribution in [0, 0.1) is 10.1 Å². The third-order valence-electron chi connectivity index (χ3n) is 4.78. The summed E-state index contributed by atoms with van der Waals surface area (Å²) in [5.74, 6) is -0.567. The van der Waals surface area contributed by atoms with Gasteiger partial charge < -0.3 is 14.4 Å². The largest absolute Gasteiger partial charge is 0.417 e. The number of nitrogens with zero attached hydrogens (tertiary/aromatic N) is 4. The van der Waals surface area contributed by atoms with E-state index >= 15 is 0 Å². The average molecular weight is 479 g/mol. The lowest BCUT2D eigenvalue weighted by Crippen LogP contribution is -2.50. The van der Waals surface area contributed by atoms with Gasteiger partial charge in [-0.1, -0.05) is 23.2 Å². The van der Waals surface area contributed by atoms with Gasteiger partial charge in [0, 0.05) is 43.5 Å². The lowest BCUT2D eigenvalue weighted by atomic mass is 10.2. The molecule has 1 aromatic heterocycles. The highest BCUT2D eigenvalue weighted by atomic mass is 35.5. The number of alkyl halides is 3. The molecule has 0 radical (unpaired) electrons. The Hall–Kier alpha value is -2.79. The Morgan fingerprint density at radius 2 is 1.77 bits per heavy atom. The van der Waals surface area contributed by atoms with E-state index in [0.717, 1.165) is 0 Å². The highest BCUT2D eigenvalue weighted by molar-refractivity contribution is 6.31. The number of rotatable bonds is 4. The second kappa shape index (κ2) is 8.75. The van der Waals surface area contributed by atoms with Crippen molar-refractivity contribution in [3.63, 3.8) is 0 Å². The number of pyridine rings is 1. The number of carbonyl (C=O) groups is 1. The molecular formula is C18H15Cl2F3N4O4. The molecular weight excluding hydrogens is 464 g/mol. The van der Waals surface area contributed by atoms with Gasteiger partial charge in [0.15, 0.2) is 0 Å². The van der Waals surface area contributed by atoms with Gasteiger partial charge >= 0.3 is 6.18 Å². The summed E-state index contributed by atoms with van der Waals surface area (Å²) in [4.78, 5) is 38.4. The summed E-state index contributed by atoms with van der Waals surface area (Å²) >= 11 is 11.4. The maximum absolute atomic E-state index is 13.0. The number of nitro benzene ring substituents is 1. The summed E-state index contributed by atoms with van der Waals surface area (Å²) in [6.45, 7) is 0.239. The number of nitro groups is 1. The third-order valence-corrected chi connectivity index (χ3v) is 5.29. The van der Waals surface area contributed by atoms with E-state index in [1.807, 2.05) is 0 Å². The van der Waals surface area contributed by atoms with Crippen LogP contribution in [-0.2, 0) is 17.5 Å². The monoisotopic (exact) mass is 478 g/mol. The molecule has 0 unspecified atom stereocenters. The summed E-state index contributed by atoms with van der Waals surface area (Å²) in [7, 11) is 0. The van der Waals surface area contributed by atoms with Gasteiger partial charge in [-0.15, -0.1) is 0 Å². The zero-order chi connectivity index (χ0) is 22.9. The number of benzene rings is 1. The first kappa shape index (κ1) is 22.9. The molecule has 1 aromatic carbocycles. The second-order valence-electron chi connectivity index (χ2n) is 6.77. The maximum Gasteiger partial charge on any atom is 0.417 e. The molecule has 8 nitrogen and oxygen atoms in total. The molecule has 0 aliphatic carbocycles. The first-order valence-electron chi connectivity index (χ1n) is 8.91. The van der Waals surface area contributed by atoms with Crippen LogP contribution < -0.4 is 10.5 Å². The van der Waals surface area contributed by atoms with Gasteiger partial charge in [-0.05, 0) is 18.2 Å². The Morgan fingerprint density at radius 1 is 1.13 bits per heavy atom. The topological polar surface area (TPSA) is 88.7 Å². The summed E-state index contributed by atoms with van der Waals surface area (Å²) < 4.78 is 39.5. The van der Waals surface area contributed by atoms with Crippen LogP contribution in [0.15, 0.2) is 35.3 Å². The number of anilines is 1. The number of hydrogen-bond donors (Lipinski definition) is 0. The Kier molecular flexibility index (Phi) is 6.46. The number of aromatic nitrogens is 1. The fourth-order valence-corrected chi connectivity index (χ4v) is 3.62. The molecule has 0 spiro atoms. The van der Waals surface area contributed by atoms with Gasteiger partial charge in [-0.2, -0.15) is 13.2 Å². The Morgan fingerprint density at radius 3 is 2.35 bits per heavy atom. The van der Waals surface area contributed by atoms with E-state index < -0.39 is 39.7 Å². The van der Waals surface area contributed by atoms with E-state index in [-0.39, 0.29) is 36.9 Å². The first-order valence-corrected chi connectivity index (χ1v) is 9.67. The van der Waals surface area contributed by atoms with E-state index in [9.17, 15) is 32.9 Å². The van der Waals surface area contributed by atoms with Crippen LogP contribution >= 0.6 is 23.2 Å². The predicted molar refractivity (Wildman–Crippen MR) is 108 cm³/mol. The van der Waals surface area contributed by atoms with Crippen LogP contribution in [-0.4, -0.2) is 46.5 Å². The van der Waals surface area contributed by atoms with Crippen molar-refractivity contribution in [3.8, 4) is 0 Å². The maximum atomic E-state index is 13.0. The van der Waals surface area contributed by atoms with Crippen LogP contribution in [0.2, 0.25) is 10.0 Å². The molecule has 13 heteroatoms. The molecule has 1 aliphatic rings. The molecule has 1 amide bonds. The van der Waals surface area contributed by atoms with Gasteiger partial charge in [0.05, 0.1) is 10.5 Å². The normalized spacial score (nSPS) is 14.6. The van der Waals surface area contributed by atoms with Crippen molar-refractivity contribution in [2.45, 2.75) is 12.7 Å². The zero-order valence-electron chi connectivity index (χ0n) is 15.7. The predicted octanol–water partition coefficient (Wildman–Crippen LogP) is 3.43. The molecule has 1 fully saturated rings. The van der Waals surface area contributed by atoms with Gasteiger partial charge in [0.1, 0.15) is 17.3 Å². The van der Waals surface area contributed by atoms with Crippen molar-refractivity contribution in [1.29, 1.82) is 0 Å². The summed E-state index contributed by atoms with van der Waals surface area (Å²) in [6, 6.07) is 4.79. The quantitative estimate of drug-likeness (QED) is 0.496. The second-order valence-corrected chi connectivity index (χ2v) is 7.61. The molecule has 1 saturated heterocycles. The lowest BCUT2D eigenvalue weighted by Gasteiger charge is -2.36. The summed E-state index contributed by atoms with van der Waals surface area (Å²) in [5.41, 5.74) is -1.86. The van der Waals surface area contributed by atoms with E-state index in [4.69, 9.17) is 23.2 Å². The van der Waals surface area contributed by atoms with E-state index in [1.165, 1.54) is 23.1 Å². The number of carbonyl (C=O) groups excluding carboxylic acids is 1. The van der Waals surface area contributed by atoms with Gasteiger partial charge in [0.25, 0.3) is 11.2 Å². The van der Waals surface area contributed by atoms with Crippen molar-refractivity contribution in [2.75, 3.05) is 31.1 Å². The minimum absolute atomic E-state index is 0.167. The molecule has 0 bridgehead atoms. The number of halogens is 5. The fourth-order valence-electron chi connectivity index (χ4n) is 3.22. The number of hydrogen-bond acceptors (Lipinski definition) is 5. The minimum atomic E-state index is -4.72. The van der Waals surface area contributed by atoms with E-state index in [1.54, 1.807) is 4.90 Å². The Labute approximate surface area is 183 Å². The molecule has 166 valence electrons. The smallest absolute Gasteiger partial charge is 0.362 e. The van der Waals surface area contributed by atoms with Crippen LogP contribution in [0.3, 0.4) is 0 Å². The summed E-state index contributed by atoms with van der Waals surface area (Å²) in [6.07, 6.45) is -4.17. The molecule has 0 atom stereocenters. The molecule has 3 rings (SSSR count). The average Bonchev–Trinajstić information content (AvgIpc) is 2.70. The van der Waals surface area contributed by atoms with Crippen LogP contribution in [0.25, 0.3) is 0 Å². The van der Waals surface area contributed by atoms with Gasteiger partial charge in [-0.3, -0.25) is 19.7 Å². The number of piperazine rings is 1. The SMILES string of the molecule is O=C(Cn1cc(C(F)(F)F)cc(Cl)c1=O)N1CCN(c2ccc(Cl)cc2[N+](=O)[O-])CC1. The molecule has 0 saturated carbocycles. The lowest BCUT2D eigenvalue weighted by molar-refractivity contribution is -0.384. The zero-order valence-corrected chi connectivity index (χ0v) is 17.2. The van der Waals surface area contributed by atoms with Crippen LogP contribution in [0.1, 0.15) is 5.56 Å². The van der Waals surface area contributed by atoms with E-state index in [2.05, 4.69) is 0 Å². The first-order chi connectivity index (χ1) is 14.5.